The summed E-state index contributed by atoms with van der Waals surface area (Å²) < 4.78 is 11.4. The van der Waals surface area contributed by atoms with E-state index < -0.39 is 0 Å². The van der Waals surface area contributed by atoms with Crippen LogP contribution in [-0.2, 0) is 9.47 Å². The number of nitrogens with one attached hydrogen (secondary N) is 2. The summed E-state index contributed by atoms with van der Waals surface area (Å²) >= 11 is 5.92. The third-order valence-corrected chi connectivity index (χ3v) is 4.62. The zero-order valence-electron chi connectivity index (χ0n) is 13.1. The van der Waals surface area contributed by atoms with Crippen LogP contribution in [0.1, 0.15) is 37.4 Å². The maximum atomic E-state index is 12.1. The van der Waals surface area contributed by atoms with E-state index in [0.29, 0.717) is 18.2 Å². The van der Waals surface area contributed by atoms with E-state index in [1.807, 2.05) is 24.3 Å². The molecule has 6 heteroatoms. The first-order valence-electron chi connectivity index (χ1n) is 8.25. The van der Waals surface area contributed by atoms with Gasteiger partial charge in [0.1, 0.15) is 6.10 Å². The van der Waals surface area contributed by atoms with Crippen molar-refractivity contribution in [2.75, 3.05) is 19.8 Å². The number of benzene rings is 1. The molecule has 0 aromatic heterocycles. The number of hydrogen-bond donors (Lipinski definition) is 2. The Morgan fingerprint density at radius 1 is 1.13 bits per heavy atom. The van der Waals surface area contributed by atoms with Crippen molar-refractivity contribution in [2.24, 2.45) is 0 Å². The van der Waals surface area contributed by atoms with Gasteiger partial charge in [-0.25, -0.2) is 4.79 Å². The second-order valence-electron chi connectivity index (χ2n) is 6.08. The smallest absolute Gasteiger partial charge is 0.315 e. The third-order valence-electron chi connectivity index (χ3n) is 4.37. The van der Waals surface area contributed by atoms with Gasteiger partial charge in [-0.3, -0.25) is 0 Å². The fourth-order valence-corrected chi connectivity index (χ4v) is 3.24. The summed E-state index contributed by atoms with van der Waals surface area (Å²) in [5.41, 5.74) is 1.04. The number of amides is 2. The van der Waals surface area contributed by atoms with Crippen LogP contribution in [0.2, 0.25) is 5.02 Å². The van der Waals surface area contributed by atoms with E-state index in [1.165, 1.54) is 6.42 Å². The second kappa shape index (κ2) is 7.99. The molecule has 23 heavy (non-hydrogen) atoms. The van der Waals surface area contributed by atoms with E-state index in [-0.39, 0.29) is 24.3 Å². The predicted octanol–water partition coefficient (Wildman–Crippen LogP) is 3.04. The number of halogens is 1. The summed E-state index contributed by atoms with van der Waals surface area (Å²) in [5.74, 6) is 0. The molecule has 2 aliphatic rings. The zero-order chi connectivity index (χ0) is 16.1. The van der Waals surface area contributed by atoms with Crippen molar-refractivity contribution < 1.29 is 14.3 Å². The predicted molar refractivity (Wildman–Crippen MR) is 88.7 cm³/mol. The van der Waals surface area contributed by atoms with Crippen LogP contribution in [-0.4, -0.2) is 37.9 Å². The molecule has 5 nitrogen and oxygen atoms in total. The van der Waals surface area contributed by atoms with Gasteiger partial charge in [-0.1, -0.05) is 23.7 Å². The molecule has 0 unspecified atom stereocenters. The highest BCUT2D eigenvalue weighted by Crippen LogP contribution is 2.29. The van der Waals surface area contributed by atoms with Gasteiger partial charge in [0.25, 0.3) is 0 Å². The number of urea groups is 1. The summed E-state index contributed by atoms with van der Waals surface area (Å²) in [5, 5.41) is 6.62. The topological polar surface area (TPSA) is 59.6 Å². The third kappa shape index (κ3) is 4.59. The molecule has 2 N–H and O–H groups in total. The van der Waals surface area contributed by atoms with Crippen LogP contribution in [0, 0.1) is 0 Å². The normalized spacial score (nSPS) is 27.6. The molecule has 2 fully saturated rings. The number of rotatable bonds is 4. The summed E-state index contributed by atoms with van der Waals surface area (Å²) in [6.45, 7) is 2.00. The van der Waals surface area contributed by atoms with Crippen LogP contribution in [0.5, 0.6) is 0 Å². The zero-order valence-corrected chi connectivity index (χ0v) is 13.8. The number of hydrogen-bond acceptors (Lipinski definition) is 3. The van der Waals surface area contributed by atoms with E-state index in [4.69, 9.17) is 21.1 Å². The lowest BCUT2D eigenvalue weighted by molar-refractivity contribution is 0.0183. The average Bonchev–Trinajstić information content (AvgIpc) is 3.03. The SMILES string of the molecule is O=C(NC[C@@H]1CCCCO1)N[C@H]1CCO[C@H]1c1ccc(Cl)cc1. The highest BCUT2D eigenvalue weighted by atomic mass is 35.5. The standard InChI is InChI=1S/C17H23ClN2O3/c18-13-6-4-12(5-7-13)16-15(8-10-23-16)20-17(21)19-11-14-3-1-2-9-22-14/h4-7,14-16H,1-3,8-11H2,(H2,19,20,21)/t14-,15-,16-/m0/s1. The van der Waals surface area contributed by atoms with E-state index in [9.17, 15) is 4.79 Å². The summed E-state index contributed by atoms with van der Waals surface area (Å²) in [6, 6.07) is 7.39. The molecule has 3 rings (SSSR count). The minimum absolute atomic E-state index is 0.0246. The van der Waals surface area contributed by atoms with Gasteiger partial charge in [0.2, 0.25) is 0 Å². The first-order valence-corrected chi connectivity index (χ1v) is 8.63. The lowest BCUT2D eigenvalue weighted by Crippen LogP contribution is -2.46. The van der Waals surface area contributed by atoms with E-state index in [0.717, 1.165) is 31.4 Å². The lowest BCUT2D eigenvalue weighted by Gasteiger charge is -2.24. The Labute approximate surface area is 141 Å². The molecule has 0 spiro atoms. The maximum Gasteiger partial charge on any atom is 0.315 e. The van der Waals surface area contributed by atoms with Crippen LogP contribution in [0.15, 0.2) is 24.3 Å². The maximum absolute atomic E-state index is 12.1. The first kappa shape index (κ1) is 16.6. The average molecular weight is 339 g/mol. The minimum atomic E-state index is -0.159. The summed E-state index contributed by atoms with van der Waals surface area (Å²) in [6.07, 6.45) is 4.12. The van der Waals surface area contributed by atoms with Gasteiger partial charge in [0, 0.05) is 24.8 Å². The number of carbonyl (C=O) groups is 1. The molecule has 0 saturated carbocycles. The Morgan fingerprint density at radius 2 is 1.96 bits per heavy atom. The largest absolute Gasteiger partial charge is 0.376 e. The molecule has 0 aliphatic carbocycles. The van der Waals surface area contributed by atoms with E-state index >= 15 is 0 Å². The molecule has 1 aromatic carbocycles. The molecular formula is C17H23ClN2O3. The van der Waals surface area contributed by atoms with Crippen molar-refractivity contribution in [1.29, 1.82) is 0 Å². The Hall–Kier alpha value is -1.30. The Kier molecular flexibility index (Phi) is 5.75. The van der Waals surface area contributed by atoms with Crippen molar-refractivity contribution in [3.63, 3.8) is 0 Å². The van der Waals surface area contributed by atoms with Crippen molar-refractivity contribution >= 4 is 17.6 Å². The molecule has 126 valence electrons. The fourth-order valence-electron chi connectivity index (χ4n) is 3.11. The molecule has 2 aliphatic heterocycles. The highest BCUT2D eigenvalue weighted by Gasteiger charge is 2.31. The van der Waals surface area contributed by atoms with Gasteiger partial charge in [-0.2, -0.15) is 0 Å². The second-order valence-corrected chi connectivity index (χ2v) is 6.52. The lowest BCUT2D eigenvalue weighted by atomic mass is 10.0. The van der Waals surface area contributed by atoms with Gasteiger partial charge >= 0.3 is 6.03 Å². The van der Waals surface area contributed by atoms with Gasteiger partial charge in [-0.15, -0.1) is 0 Å². The number of carbonyl (C=O) groups excluding carboxylic acids is 1. The van der Waals surface area contributed by atoms with Crippen molar-refractivity contribution in [2.45, 2.75) is 43.9 Å². The van der Waals surface area contributed by atoms with E-state index in [1.54, 1.807) is 0 Å². The van der Waals surface area contributed by atoms with Crippen LogP contribution in [0.25, 0.3) is 0 Å². The van der Waals surface area contributed by atoms with Crippen LogP contribution in [0.4, 0.5) is 4.79 Å². The molecule has 0 bridgehead atoms. The van der Waals surface area contributed by atoms with Gasteiger partial charge < -0.3 is 20.1 Å². The number of ether oxygens (including phenoxy) is 2. The molecule has 0 radical (unpaired) electrons. The fraction of sp³-hybridized carbons (Fsp3) is 0.588. The van der Waals surface area contributed by atoms with Gasteiger partial charge in [0.15, 0.2) is 0 Å². The molecule has 2 saturated heterocycles. The minimum Gasteiger partial charge on any atom is -0.376 e. The van der Waals surface area contributed by atoms with Crippen molar-refractivity contribution in [3.8, 4) is 0 Å². The Bertz CT molecular complexity index is 517. The molecule has 3 atom stereocenters. The Balaban J connectivity index is 1.49. The van der Waals surface area contributed by atoms with Crippen LogP contribution >= 0.6 is 11.6 Å². The molecule has 2 amide bonds. The highest BCUT2D eigenvalue weighted by molar-refractivity contribution is 6.30. The van der Waals surface area contributed by atoms with E-state index in [2.05, 4.69) is 10.6 Å². The molecular weight excluding hydrogens is 316 g/mol. The molecule has 1 aromatic rings. The van der Waals surface area contributed by atoms with Crippen LogP contribution < -0.4 is 10.6 Å². The van der Waals surface area contributed by atoms with Crippen LogP contribution in [0.3, 0.4) is 0 Å². The van der Waals surface area contributed by atoms with Crippen molar-refractivity contribution in [3.05, 3.63) is 34.9 Å². The quantitative estimate of drug-likeness (QED) is 0.887. The Morgan fingerprint density at radius 3 is 2.70 bits per heavy atom. The van der Waals surface area contributed by atoms with Gasteiger partial charge in [-0.05, 0) is 43.4 Å². The summed E-state index contributed by atoms with van der Waals surface area (Å²) in [4.78, 5) is 12.1. The molecule has 2 heterocycles. The monoisotopic (exact) mass is 338 g/mol. The van der Waals surface area contributed by atoms with Crippen molar-refractivity contribution in [1.82, 2.24) is 10.6 Å². The summed E-state index contributed by atoms with van der Waals surface area (Å²) in [7, 11) is 0. The van der Waals surface area contributed by atoms with Gasteiger partial charge in [0.05, 0.1) is 12.1 Å². The first-order chi connectivity index (χ1) is 11.2.